The number of nitrogens with one attached hydrogen (secondary N) is 1. The number of nitrogen functional groups attached to an aromatic ring is 1. The van der Waals surface area contributed by atoms with Gasteiger partial charge >= 0.3 is 0 Å². The van der Waals surface area contributed by atoms with Crippen LogP contribution in [0.4, 0.5) is 15.9 Å². The first-order valence-corrected chi connectivity index (χ1v) is 5.78. The molecule has 7 heteroatoms. The number of aryl methyl sites for hydroxylation is 2. The molecule has 2 aromatic rings. The Balaban J connectivity index is 2.28. The molecule has 100 valence electrons. The first-order chi connectivity index (χ1) is 9.02. The van der Waals surface area contributed by atoms with Crippen LogP contribution in [0.3, 0.4) is 0 Å². The van der Waals surface area contributed by atoms with Crippen molar-refractivity contribution < 1.29 is 9.18 Å². The quantitative estimate of drug-likeness (QED) is 0.818. The van der Waals surface area contributed by atoms with Crippen molar-refractivity contribution in [1.82, 2.24) is 14.8 Å². The predicted octanol–water partition coefficient (Wildman–Crippen LogP) is 1.35. The molecule has 0 unspecified atom stereocenters. The molecule has 2 aromatic heterocycles. The largest absolute Gasteiger partial charge is 0.395 e. The molecule has 0 fully saturated rings. The lowest BCUT2D eigenvalue weighted by molar-refractivity contribution is 0.101. The van der Waals surface area contributed by atoms with Crippen LogP contribution >= 0.6 is 0 Å². The Labute approximate surface area is 109 Å². The van der Waals surface area contributed by atoms with Gasteiger partial charge in [-0.1, -0.05) is 13.0 Å². The number of hydrogen-bond acceptors (Lipinski definition) is 4. The van der Waals surface area contributed by atoms with Gasteiger partial charge in [0, 0.05) is 7.05 Å². The zero-order chi connectivity index (χ0) is 14.0. The lowest BCUT2D eigenvalue weighted by atomic mass is 10.2. The molecule has 6 nitrogen and oxygen atoms in total. The van der Waals surface area contributed by atoms with Crippen LogP contribution in [0.15, 0.2) is 18.2 Å². The van der Waals surface area contributed by atoms with Crippen LogP contribution < -0.4 is 11.1 Å². The third kappa shape index (κ3) is 2.54. The van der Waals surface area contributed by atoms with Crippen LogP contribution in [0, 0.1) is 5.95 Å². The number of carbonyl (C=O) groups excluding carboxylic acids is 1. The number of pyridine rings is 1. The summed E-state index contributed by atoms with van der Waals surface area (Å²) in [7, 11) is 1.63. The van der Waals surface area contributed by atoms with Gasteiger partial charge in [-0.15, -0.1) is 0 Å². The van der Waals surface area contributed by atoms with Gasteiger partial charge in [0.25, 0.3) is 5.91 Å². The SMILES string of the molecule is CCc1nn(C)c(C(=O)Nc2cccc(F)n2)c1N. The van der Waals surface area contributed by atoms with Gasteiger partial charge in [0.2, 0.25) is 5.95 Å². The highest BCUT2D eigenvalue weighted by molar-refractivity contribution is 6.06. The molecule has 19 heavy (non-hydrogen) atoms. The van der Waals surface area contributed by atoms with E-state index in [1.165, 1.54) is 22.9 Å². The zero-order valence-electron chi connectivity index (χ0n) is 10.6. The maximum atomic E-state index is 12.9. The topological polar surface area (TPSA) is 85.8 Å². The number of rotatable bonds is 3. The second kappa shape index (κ2) is 5.05. The number of hydrogen-bond donors (Lipinski definition) is 2. The molecule has 0 radical (unpaired) electrons. The summed E-state index contributed by atoms with van der Waals surface area (Å²) in [5.74, 6) is -1.00. The molecule has 0 bridgehead atoms. The van der Waals surface area contributed by atoms with Crippen LogP contribution in [-0.4, -0.2) is 20.7 Å². The van der Waals surface area contributed by atoms with E-state index in [4.69, 9.17) is 5.73 Å². The summed E-state index contributed by atoms with van der Waals surface area (Å²) in [6, 6.07) is 4.15. The van der Waals surface area contributed by atoms with Gasteiger partial charge in [0.1, 0.15) is 11.5 Å². The van der Waals surface area contributed by atoms with E-state index in [2.05, 4.69) is 15.4 Å². The van der Waals surface area contributed by atoms with Crippen molar-refractivity contribution in [2.75, 3.05) is 11.1 Å². The van der Waals surface area contributed by atoms with E-state index in [0.717, 1.165) is 0 Å². The molecular weight excluding hydrogens is 249 g/mol. The summed E-state index contributed by atoms with van der Waals surface area (Å²) in [4.78, 5) is 15.6. The summed E-state index contributed by atoms with van der Waals surface area (Å²) in [5.41, 5.74) is 7.08. The van der Waals surface area contributed by atoms with Gasteiger partial charge in [-0.05, 0) is 18.6 Å². The van der Waals surface area contributed by atoms with E-state index in [0.29, 0.717) is 17.8 Å². The number of carbonyl (C=O) groups is 1. The Morgan fingerprint density at radius 3 is 2.84 bits per heavy atom. The van der Waals surface area contributed by atoms with Gasteiger partial charge in [-0.2, -0.15) is 9.49 Å². The van der Waals surface area contributed by atoms with Crippen molar-refractivity contribution in [2.45, 2.75) is 13.3 Å². The van der Waals surface area contributed by atoms with E-state index >= 15 is 0 Å². The molecule has 0 saturated heterocycles. The molecule has 2 rings (SSSR count). The van der Waals surface area contributed by atoms with E-state index in [1.807, 2.05) is 6.92 Å². The van der Waals surface area contributed by atoms with Crippen molar-refractivity contribution in [1.29, 1.82) is 0 Å². The van der Waals surface area contributed by atoms with Crippen LogP contribution in [0.5, 0.6) is 0 Å². The highest BCUT2D eigenvalue weighted by atomic mass is 19.1. The third-order valence-electron chi connectivity index (χ3n) is 2.67. The normalized spacial score (nSPS) is 10.5. The van der Waals surface area contributed by atoms with E-state index in [9.17, 15) is 9.18 Å². The lowest BCUT2D eigenvalue weighted by Gasteiger charge is -2.05. The Kier molecular flexibility index (Phi) is 3.46. The van der Waals surface area contributed by atoms with Crippen molar-refractivity contribution >= 4 is 17.4 Å². The molecule has 0 spiro atoms. The number of nitrogens with zero attached hydrogens (tertiary/aromatic N) is 3. The summed E-state index contributed by atoms with van der Waals surface area (Å²) < 4.78 is 14.3. The van der Waals surface area contributed by atoms with E-state index in [1.54, 1.807) is 7.05 Å². The van der Waals surface area contributed by atoms with Gasteiger partial charge in [-0.3, -0.25) is 9.48 Å². The highest BCUT2D eigenvalue weighted by Crippen LogP contribution is 2.18. The minimum Gasteiger partial charge on any atom is -0.395 e. The minimum atomic E-state index is -0.662. The lowest BCUT2D eigenvalue weighted by Crippen LogP contribution is -2.18. The van der Waals surface area contributed by atoms with Crippen LogP contribution in [-0.2, 0) is 13.5 Å². The fourth-order valence-corrected chi connectivity index (χ4v) is 1.78. The van der Waals surface area contributed by atoms with Gasteiger partial charge in [0.05, 0.1) is 11.4 Å². The minimum absolute atomic E-state index is 0.128. The fraction of sp³-hybridized carbons (Fsp3) is 0.250. The molecule has 0 aliphatic rings. The monoisotopic (exact) mass is 263 g/mol. The summed E-state index contributed by atoms with van der Waals surface area (Å²) in [6.45, 7) is 1.90. The van der Waals surface area contributed by atoms with Crippen molar-refractivity contribution in [3.8, 4) is 0 Å². The molecule has 0 aliphatic heterocycles. The molecule has 0 atom stereocenters. The van der Waals surface area contributed by atoms with E-state index < -0.39 is 11.9 Å². The van der Waals surface area contributed by atoms with Crippen molar-refractivity contribution in [2.24, 2.45) is 7.05 Å². The third-order valence-corrected chi connectivity index (χ3v) is 2.67. The number of aromatic nitrogens is 3. The fourth-order valence-electron chi connectivity index (χ4n) is 1.78. The summed E-state index contributed by atoms with van der Waals surface area (Å²) >= 11 is 0. The first kappa shape index (κ1) is 13.0. The smallest absolute Gasteiger partial charge is 0.277 e. The average Bonchev–Trinajstić information content (AvgIpc) is 2.64. The molecule has 0 aromatic carbocycles. The Morgan fingerprint density at radius 1 is 1.53 bits per heavy atom. The maximum absolute atomic E-state index is 12.9. The second-order valence-corrected chi connectivity index (χ2v) is 3.99. The Morgan fingerprint density at radius 2 is 2.26 bits per heavy atom. The van der Waals surface area contributed by atoms with E-state index in [-0.39, 0.29) is 11.5 Å². The van der Waals surface area contributed by atoms with Crippen LogP contribution in [0.2, 0.25) is 0 Å². The number of nitrogens with two attached hydrogens (primary N) is 1. The Bertz CT molecular complexity index is 623. The number of anilines is 2. The molecule has 3 N–H and O–H groups in total. The van der Waals surface area contributed by atoms with Gasteiger partial charge in [-0.25, -0.2) is 4.98 Å². The van der Waals surface area contributed by atoms with Gasteiger partial charge in [0.15, 0.2) is 0 Å². The zero-order valence-corrected chi connectivity index (χ0v) is 10.6. The summed E-state index contributed by atoms with van der Waals surface area (Å²) in [5, 5.41) is 6.63. The molecular formula is C12H14FN5O. The Hall–Kier alpha value is -2.44. The van der Waals surface area contributed by atoms with Crippen LogP contribution in [0.25, 0.3) is 0 Å². The van der Waals surface area contributed by atoms with Crippen LogP contribution in [0.1, 0.15) is 23.1 Å². The average molecular weight is 263 g/mol. The molecule has 2 heterocycles. The van der Waals surface area contributed by atoms with Gasteiger partial charge < -0.3 is 11.1 Å². The molecule has 1 amide bonds. The summed E-state index contributed by atoms with van der Waals surface area (Å²) in [6.07, 6.45) is 0.630. The first-order valence-electron chi connectivity index (χ1n) is 5.78. The maximum Gasteiger partial charge on any atom is 0.277 e. The van der Waals surface area contributed by atoms with Crippen molar-refractivity contribution in [3.63, 3.8) is 0 Å². The number of halogens is 1. The highest BCUT2D eigenvalue weighted by Gasteiger charge is 2.19. The predicted molar refractivity (Wildman–Crippen MR) is 69.1 cm³/mol. The van der Waals surface area contributed by atoms with Crippen molar-refractivity contribution in [3.05, 3.63) is 35.5 Å². The molecule has 0 aliphatic carbocycles. The number of amides is 1. The second-order valence-electron chi connectivity index (χ2n) is 3.99. The standard InChI is InChI=1S/C12H14FN5O/c1-3-7-10(14)11(18(2)17-7)12(19)16-9-6-4-5-8(13)15-9/h4-6H,3,14H2,1-2H3,(H,15,16,19). The molecule has 0 saturated carbocycles.